The summed E-state index contributed by atoms with van der Waals surface area (Å²) in [7, 11) is 1.54. The highest BCUT2D eigenvalue weighted by molar-refractivity contribution is 5.99. The molecule has 1 aromatic heterocycles. The molecule has 7 nitrogen and oxygen atoms in total. The predicted octanol–water partition coefficient (Wildman–Crippen LogP) is 4.09. The monoisotopic (exact) mass is 448 g/mol. The van der Waals surface area contributed by atoms with Crippen LogP contribution in [0.3, 0.4) is 0 Å². The van der Waals surface area contributed by atoms with Crippen LogP contribution < -0.4 is 19.1 Å². The van der Waals surface area contributed by atoms with Crippen molar-refractivity contribution in [3.8, 4) is 28.5 Å². The van der Waals surface area contributed by atoms with Gasteiger partial charge in [0.05, 0.1) is 12.7 Å². The van der Waals surface area contributed by atoms with Gasteiger partial charge in [0.2, 0.25) is 5.88 Å². The maximum atomic E-state index is 13.0. The largest absolute Gasteiger partial charge is 0.493 e. The summed E-state index contributed by atoms with van der Waals surface area (Å²) in [5.74, 6) is 1.29. The molecule has 1 fully saturated rings. The number of nitrogens with zero attached hydrogens (tertiary/aromatic N) is 2. The van der Waals surface area contributed by atoms with Gasteiger partial charge in [-0.25, -0.2) is 4.98 Å². The third-order valence-corrected chi connectivity index (χ3v) is 5.30. The van der Waals surface area contributed by atoms with Gasteiger partial charge in [-0.05, 0) is 37.6 Å². The number of rotatable bonds is 8. The van der Waals surface area contributed by atoms with Crippen LogP contribution in [-0.4, -0.2) is 48.0 Å². The predicted molar refractivity (Wildman–Crippen MR) is 126 cm³/mol. The molecule has 2 aromatic carbocycles. The van der Waals surface area contributed by atoms with Crippen LogP contribution in [0, 0.1) is 0 Å². The lowest BCUT2D eigenvalue weighted by atomic mass is 10.1. The highest BCUT2D eigenvalue weighted by Gasteiger charge is 2.35. The molecule has 2 heterocycles. The second-order valence-electron chi connectivity index (χ2n) is 8.57. The highest BCUT2D eigenvalue weighted by atomic mass is 16.5. The molecule has 3 aromatic rings. The summed E-state index contributed by atoms with van der Waals surface area (Å²) in [5, 5.41) is 9.89. The molecule has 0 spiro atoms. The van der Waals surface area contributed by atoms with E-state index in [2.05, 4.69) is 4.98 Å². The van der Waals surface area contributed by atoms with Crippen molar-refractivity contribution in [2.75, 3.05) is 25.2 Å². The van der Waals surface area contributed by atoms with Gasteiger partial charge in [0, 0.05) is 42.5 Å². The molecule has 7 heteroatoms. The van der Waals surface area contributed by atoms with Crippen LogP contribution >= 0.6 is 0 Å². The van der Waals surface area contributed by atoms with Crippen molar-refractivity contribution in [2.45, 2.75) is 32.0 Å². The summed E-state index contributed by atoms with van der Waals surface area (Å²) in [6.45, 7) is 3.98. The average Bonchev–Trinajstić information content (AvgIpc) is 3.18. The molecule has 1 unspecified atom stereocenters. The van der Waals surface area contributed by atoms with Crippen molar-refractivity contribution in [1.82, 2.24) is 4.98 Å². The molecule has 0 bridgehead atoms. The standard InChI is InChI=1S/C26H28N2O5/c1-26(2,30)17-32-21-11-10-20(15-23(21)31-3)28-14-13-22(25(28)29)33-24-12-9-19(16-27-24)18-7-5-4-6-8-18/h4-12,15-16,22,30H,13-14,17H2,1-3H3. The fraction of sp³-hybridized carbons (Fsp3) is 0.308. The van der Waals surface area contributed by atoms with Gasteiger partial charge < -0.3 is 24.2 Å². The van der Waals surface area contributed by atoms with E-state index >= 15 is 0 Å². The molecular weight excluding hydrogens is 420 g/mol. The van der Waals surface area contributed by atoms with Crippen molar-refractivity contribution in [2.24, 2.45) is 0 Å². The van der Waals surface area contributed by atoms with Crippen LogP contribution in [0.4, 0.5) is 5.69 Å². The molecule has 1 amide bonds. The van der Waals surface area contributed by atoms with E-state index in [-0.39, 0.29) is 12.5 Å². The number of benzene rings is 2. The summed E-state index contributed by atoms with van der Waals surface area (Å²) in [4.78, 5) is 19.1. The van der Waals surface area contributed by atoms with Crippen molar-refractivity contribution in [3.63, 3.8) is 0 Å². The van der Waals surface area contributed by atoms with Crippen LogP contribution in [0.15, 0.2) is 66.9 Å². The maximum Gasteiger partial charge on any atom is 0.268 e. The average molecular weight is 449 g/mol. The Morgan fingerprint density at radius 3 is 2.52 bits per heavy atom. The molecule has 0 aliphatic carbocycles. The van der Waals surface area contributed by atoms with Gasteiger partial charge in [0.25, 0.3) is 5.91 Å². The van der Waals surface area contributed by atoms with Crippen molar-refractivity contribution in [1.29, 1.82) is 0 Å². The topological polar surface area (TPSA) is 81.1 Å². The molecule has 1 aliphatic rings. The first kappa shape index (κ1) is 22.6. The number of carbonyl (C=O) groups is 1. The van der Waals surface area contributed by atoms with Gasteiger partial charge in [0.1, 0.15) is 6.61 Å². The third-order valence-electron chi connectivity index (χ3n) is 5.30. The van der Waals surface area contributed by atoms with Crippen molar-refractivity contribution < 1.29 is 24.1 Å². The summed E-state index contributed by atoms with van der Waals surface area (Å²) < 4.78 is 17.0. The van der Waals surface area contributed by atoms with Crippen LogP contribution in [0.1, 0.15) is 20.3 Å². The van der Waals surface area contributed by atoms with E-state index in [0.717, 1.165) is 11.1 Å². The minimum absolute atomic E-state index is 0.122. The van der Waals surface area contributed by atoms with Gasteiger partial charge in [-0.2, -0.15) is 0 Å². The van der Waals surface area contributed by atoms with E-state index in [4.69, 9.17) is 14.2 Å². The normalized spacial score (nSPS) is 16.1. The second-order valence-corrected chi connectivity index (χ2v) is 8.57. The number of hydrogen-bond donors (Lipinski definition) is 1. The minimum Gasteiger partial charge on any atom is -0.493 e. The molecule has 4 rings (SSSR count). The van der Waals surface area contributed by atoms with Gasteiger partial charge in [-0.1, -0.05) is 30.3 Å². The summed E-state index contributed by atoms with van der Waals surface area (Å²) in [6.07, 6.45) is 1.71. The second kappa shape index (κ2) is 9.50. The summed E-state index contributed by atoms with van der Waals surface area (Å²) >= 11 is 0. The number of pyridine rings is 1. The molecule has 1 aliphatic heterocycles. The molecule has 0 radical (unpaired) electrons. The highest BCUT2D eigenvalue weighted by Crippen LogP contribution is 2.34. The first-order chi connectivity index (χ1) is 15.8. The first-order valence-corrected chi connectivity index (χ1v) is 10.9. The van der Waals surface area contributed by atoms with Crippen molar-refractivity contribution in [3.05, 3.63) is 66.9 Å². The van der Waals surface area contributed by atoms with E-state index in [1.165, 1.54) is 0 Å². The van der Waals surface area contributed by atoms with Gasteiger partial charge in [-0.3, -0.25) is 4.79 Å². The smallest absolute Gasteiger partial charge is 0.268 e. The molecular formula is C26H28N2O5. The maximum absolute atomic E-state index is 13.0. The molecule has 172 valence electrons. The Labute approximate surface area is 193 Å². The zero-order chi connectivity index (χ0) is 23.4. The van der Waals surface area contributed by atoms with Crippen molar-refractivity contribution >= 4 is 11.6 Å². The lowest BCUT2D eigenvalue weighted by Crippen LogP contribution is -2.32. The number of methoxy groups -OCH3 is 1. The lowest BCUT2D eigenvalue weighted by Gasteiger charge is -2.21. The Morgan fingerprint density at radius 2 is 1.85 bits per heavy atom. The number of amides is 1. The Balaban J connectivity index is 1.42. The Kier molecular flexibility index (Phi) is 6.51. The number of aliphatic hydroxyl groups is 1. The lowest BCUT2D eigenvalue weighted by molar-refractivity contribution is -0.123. The molecule has 1 atom stereocenters. The summed E-state index contributed by atoms with van der Waals surface area (Å²) in [5.41, 5.74) is 1.79. The number of anilines is 1. The molecule has 1 N–H and O–H groups in total. The zero-order valence-electron chi connectivity index (χ0n) is 19.0. The van der Waals surface area contributed by atoms with Crippen LogP contribution in [0.5, 0.6) is 17.4 Å². The Hall–Kier alpha value is -3.58. The molecule has 33 heavy (non-hydrogen) atoms. The fourth-order valence-electron chi connectivity index (χ4n) is 3.61. The molecule has 0 saturated carbocycles. The van der Waals surface area contributed by atoms with Crippen LogP contribution in [-0.2, 0) is 4.79 Å². The SMILES string of the molecule is COc1cc(N2CCC(Oc3ccc(-c4ccccc4)cn3)C2=O)ccc1OCC(C)(C)O. The number of ether oxygens (including phenoxy) is 3. The first-order valence-electron chi connectivity index (χ1n) is 10.9. The summed E-state index contributed by atoms with van der Waals surface area (Å²) in [6, 6.07) is 19.0. The number of carbonyl (C=O) groups excluding carboxylic acids is 1. The Morgan fingerprint density at radius 1 is 1.06 bits per heavy atom. The number of hydrogen-bond acceptors (Lipinski definition) is 6. The Bertz CT molecular complexity index is 1090. The van der Waals surface area contributed by atoms with E-state index in [1.54, 1.807) is 56.3 Å². The minimum atomic E-state index is -0.966. The van der Waals surface area contributed by atoms with Gasteiger partial charge in [0.15, 0.2) is 17.6 Å². The third kappa shape index (κ3) is 5.43. The van der Waals surface area contributed by atoms with Crippen LogP contribution in [0.25, 0.3) is 11.1 Å². The van der Waals surface area contributed by atoms with E-state index in [9.17, 15) is 9.90 Å². The van der Waals surface area contributed by atoms with E-state index in [1.807, 2.05) is 36.4 Å². The van der Waals surface area contributed by atoms with Crippen LogP contribution in [0.2, 0.25) is 0 Å². The quantitative estimate of drug-likeness (QED) is 0.559. The van der Waals surface area contributed by atoms with Gasteiger partial charge in [-0.15, -0.1) is 0 Å². The van der Waals surface area contributed by atoms with Gasteiger partial charge >= 0.3 is 0 Å². The van der Waals surface area contributed by atoms with E-state index in [0.29, 0.717) is 36.0 Å². The number of aromatic nitrogens is 1. The fourth-order valence-corrected chi connectivity index (χ4v) is 3.61. The molecule has 1 saturated heterocycles. The zero-order valence-corrected chi connectivity index (χ0v) is 19.0. The van der Waals surface area contributed by atoms with E-state index < -0.39 is 11.7 Å².